The fourth-order valence-corrected chi connectivity index (χ4v) is 3.89. The van der Waals surface area contributed by atoms with Crippen molar-refractivity contribution in [3.8, 4) is 0 Å². The van der Waals surface area contributed by atoms with Gasteiger partial charge in [-0.25, -0.2) is 0 Å². The Kier molecular flexibility index (Phi) is 7.45. The van der Waals surface area contributed by atoms with Crippen LogP contribution in [0.5, 0.6) is 0 Å². The first-order valence-electron chi connectivity index (χ1n) is 10.9. The second-order valence-electron chi connectivity index (χ2n) is 8.41. The number of nitrogens with one attached hydrogen (secondary N) is 1. The van der Waals surface area contributed by atoms with Crippen LogP contribution in [0.15, 0.2) is 48.5 Å². The van der Waals surface area contributed by atoms with Crippen LogP contribution in [-0.4, -0.2) is 18.4 Å². The van der Waals surface area contributed by atoms with Crippen LogP contribution in [-0.2, 0) is 16.1 Å². The summed E-state index contributed by atoms with van der Waals surface area (Å²) < 4.78 is 0. The number of carbonyl (C=O) groups excluding carboxylic acids is 2. The average Bonchev–Trinajstić information content (AvgIpc) is 2.71. The van der Waals surface area contributed by atoms with E-state index in [1.165, 1.54) is 11.1 Å². The predicted octanol–water partition coefficient (Wildman–Crippen LogP) is 5.43. The number of anilines is 1. The Hall–Kier alpha value is -2.88. The molecule has 0 aliphatic carbocycles. The van der Waals surface area contributed by atoms with Gasteiger partial charge in [-0.1, -0.05) is 62.7 Å². The fraction of sp³-hybridized carbons (Fsp3) is 0.385. The standard InChI is InChI=1S/C26H32N2O2/c1-19(2)9-8-14-25(29)27-16-15-26(30)28-18-22-11-4-6-12-23(22)20(3)17-21-10-5-7-13-24(21)28/h4-7,10-13,17,19H,8-9,14-16,18H2,1-3H3,(H,27,29)/b20-17-. The number of allylic oxidation sites excluding steroid dienone is 1. The van der Waals surface area contributed by atoms with Gasteiger partial charge in [0.25, 0.3) is 0 Å². The highest BCUT2D eigenvalue weighted by atomic mass is 16.2. The zero-order valence-corrected chi connectivity index (χ0v) is 18.3. The van der Waals surface area contributed by atoms with Crippen molar-refractivity contribution in [1.29, 1.82) is 0 Å². The molecule has 1 N–H and O–H groups in total. The molecule has 0 fully saturated rings. The summed E-state index contributed by atoms with van der Waals surface area (Å²) in [6.07, 6.45) is 4.89. The summed E-state index contributed by atoms with van der Waals surface area (Å²) >= 11 is 0. The lowest BCUT2D eigenvalue weighted by atomic mass is 9.95. The molecule has 2 aromatic rings. The van der Waals surface area contributed by atoms with Gasteiger partial charge in [0.2, 0.25) is 11.8 Å². The van der Waals surface area contributed by atoms with E-state index in [4.69, 9.17) is 0 Å². The lowest BCUT2D eigenvalue weighted by molar-refractivity contribution is -0.121. The van der Waals surface area contributed by atoms with E-state index < -0.39 is 0 Å². The number of rotatable bonds is 7. The number of benzene rings is 2. The molecule has 3 rings (SSSR count). The largest absolute Gasteiger partial charge is 0.356 e. The van der Waals surface area contributed by atoms with Crippen molar-refractivity contribution >= 4 is 29.2 Å². The summed E-state index contributed by atoms with van der Waals surface area (Å²) in [5.41, 5.74) is 5.45. The number of nitrogens with zero attached hydrogens (tertiary/aromatic N) is 1. The van der Waals surface area contributed by atoms with Crippen molar-refractivity contribution < 1.29 is 9.59 Å². The minimum Gasteiger partial charge on any atom is -0.356 e. The normalized spacial score (nSPS) is 14.8. The lowest BCUT2D eigenvalue weighted by Gasteiger charge is -2.28. The third-order valence-corrected chi connectivity index (χ3v) is 5.52. The van der Waals surface area contributed by atoms with Gasteiger partial charge in [-0.05, 0) is 53.7 Å². The molecule has 0 unspecified atom stereocenters. The quantitative estimate of drug-likeness (QED) is 0.669. The van der Waals surface area contributed by atoms with Crippen molar-refractivity contribution in [3.63, 3.8) is 0 Å². The molecule has 1 heterocycles. The maximum Gasteiger partial charge on any atom is 0.229 e. The lowest BCUT2D eigenvalue weighted by Crippen LogP contribution is -2.35. The van der Waals surface area contributed by atoms with Crippen LogP contribution < -0.4 is 10.2 Å². The van der Waals surface area contributed by atoms with E-state index in [0.29, 0.717) is 25.4 Å². The first-order valence-corrected chi connectivity index (χ1v) is 10.9. The van der Waals surface area contributed by atoms with Crippen LogP contribution in [0.4, 0.5) is 5.69 Å². The van der Waals surface area contributed by atoms with Gasteiger partial charge in [-0.15, -0.1) is 0 Å². The van der Waals surface area contributed by atoms with Gasteiger partial charge in [-0.3, -0.25) is 9.59 Å². The number of hydrogen-bond acceptors (Lipinski definition) is 2. The molecule has 0 bridgehead atoms. The van der Waals surface area contributed by atoms with Crippen molar-refractivity contribution in [3.05, 3.63) is 65.2 Å². The van der Waals surface area contributed by atoms with Crippen molar-refractivity contribution in [1.82, 2.24) is 5.32 Å². The Morgan fingerprint density at radius 2 is 1.77 bits per heavy atom. The highest BCUT2D eigenvalue weighted by Gasteiger charge is 2.22. The molecule has 4 heteroatoms. The molecular formula is C26H32N2O2. The van der Waals surface area contributed by atoms with Crippen LogP contribution >= 0.6 is 0 Å². The van der Waals surface area contributed by atoms with E-state index in [9.17, 15) is 9.59 Å². The Morgan fingerprint density at radius 3 is 2.57 bits per heavy atom. The number of para-hydroxylation sites is 1. The summed E-state index contributed by atoms with van der Waals surface area (Å²) in [5, 5.41) is 2.91. The van der Waals surface area contributed by atoms with Gasteiger partial charge in [0.1, 0.15) is 0 Å². The number of fused-ring (bicyclic) bond motifs is 2. The van der Waals surface area contributed by atoms with E-state index in [1.807, 2.05) is 41.3 Å². The SMILES string of the molecule is C/C1=C/c2ccccc2N(C(=O)CCNC(=O)CCCC(C)C)Cc2ccccc21. The molecule has 0 radical (unpaired) electrons. The van der Waals surface area contributed by atoms with Gasteiger partial charge < -0.3 is 10.2 Å². The van der Waals surface area contributed by atoms with Crippen LogP contribution in [0, 0.1) is 5.92 Å². The highest BCUT2D eigenvalue weighted by molar-refractivity contribution is 5.98. The Morgan fingerprint density at radius 1 is 1.03 bits per heavy atom. The van der Waals surface area contributed by atoms with E-state index in [0.717, 1.165) is 29.7 Å². The zero-order chi connectivity index (χ0) is 21.5. The van der Waals surface area contributed by atoms with Crippen LogP contribution in [0.1, 0.15) is 63.1 Å². The molecule has 2 amide bonds. The average molecular weight is 405 g/mol. The number of carbonyl (C=O) groups is 2. The Bertz CT molecular complexity index is 930. The summed E-state index contributed by atoms with van der Waals surface area (Å²) in [6, 6.07) is 16.2. The van der Waals surface area contributed by atoms with Crippen LogP contribution in [0.3, 0.4) is 0 Å². The first kappa shape index (κ1) is 21.8. The van der Waals surface area contributed by atoms with E-state index >= 15 is 0 Å². The maximum atomic E-state index is 13.2. The molecule has 0 atom stereocenters. The predicted molar refractivity (Wildman–Crippen MR) is 124 cm³/mol. The van der Waals surface area contributed by atoms with Crippen molar-refractivity contribution in [2.45, 2.75) is 53.0 Å². The Labute approximate surface area is 180 Å². The molecule has 1 aliphatic rings. The summed E-state index contributed by atoms with van der Waals surface area (Å²) in [7, 11) is 0. The fourth-order valence-electron chi connectivity index (χ4n) is 3.89. The van der Waals surface area contributed by atoms with Gasteiger partial charge in [-0.2, -0.15) is 0 Å². The molecule has 30 heavy (non-hydrogen) atoms. The third-order valence-electron chi connectivity index (χ3n) is 5.52. The smallest absolute Gasteiger partial charge is 0.229 e. The van der Waals surface area contributed by atoms with Crippen molar-refractivity contribution in [2.75, 3.05) is 11.4 Å². The minimum atomic E-state index is 0.0210. The van der Waals surface area contributed by atoms with Gasteiger partial charge in [0.15, 0.2) is 0 Å². The number of amides is 2. The van der Waals surface area contributed by atoms with E-state index in [2.05, 4.69) is 44.3 Å². The molecule has 1 aliphatic heterocycles. The Balaban J connectivity index is 1.71. The molecule has 158 valence electrons. The molecule has 2 aromatic carbocycles. The maximum absolute atomic E-state index is 13.2. The molecular weight excluding hydrogens is 372 g/mol. The van der Waals surface area contributed by atoms with E-state index in [1.54, 1.807) is 0 Å². The van der Waals surface area contributed by atoms with Crippen LogP contribution in [0.2, 0.25) is 0 Å². The van der Waals surface area contributed by atoms with E-state index in [-0.39, 0.29) is 18.2 Å². The summed E-state index contributed by atoms with van der Waals surface area (Å²) in [4.78, 5) is 27.0. The zero-order valence-electron chi connectivity index (χ0n) is 18.3. The number of hydrogen-bond donors (Lipinski definition) is 1. The monoisotopic (exact) mass is 404 g/mol. The molecule has 0 aromatic heterocycles. The molecule has 0 spiro atoms. The van der Waals surface area contributed by atoms with Crippen molar-refractivity contribution in [2.24, 2.45) is 5.92 Å². The summed E-state index contributed by atoms with van der Waals surface area (Å²) in [5.74, 6) is 0.653. The van der Waals surface area contributed by atoms with Crippen LogP contribution in [0.25, 0.3) is 11.6 Å². The van der Waals surface area contributed by atoms with Gasteiger partial charge >= 0.3 is 0 Å². The van der Waals surface area contributed by atoms with Gasteiger partial charge in [0, 0.05) is 19.4 Å². The molecule has 0 saturated carbocycles. The highest BCUT2D eigenvalue weighted by Crippen LogP contribution is 2.32. The third kappa shape index (κ3) is 5.59. The molecule has 4 nitrogen and oxygen atoms in total. The minimum absolute atomic E-state index is 0.0210. The van der Waals surface area contributed by atoms with Gasteiger partial charge in [0.05, 0.1) is 12.2 Å². The molecule has 0 saturated heterocycles. The second-order valence-corrected chi connectivity index (χ2v) is 8.41. The second kappa shape index (κ2) is 10.2. The first-order chi connectivity index (χ1) is 14.5. The topological polar surface area (TPSA) is 49.4 Å². The summed E-state index contributed by atoms with van der Waals surface area (Å²) in [6.45, 7) is 7.33.